The number of anilines is 1. The normalized spacial score (nSPS) is 12.4. The van der Waals surface area contributed by atoms with E-state index in [-0.39, 0.29) is 11.1 Å². The number of aliphatic hydroxyl groups is 1. The number of aliphatic hydroxyl groups excluding tert-OH is 1. The molecule has 94 valence electrons. The first kappa shape index (κ1) is 12.5. The summed E-state index contributed by atoms with van der Waals surface area (Å²) in [6.45, 7) is 1.52. The van der Waals surface area contributed by atoms with Gasteiger partial charge in [0.15, 0.2) is 0 Å². The van der Waals surface area contributed by atoms with Crippen LogP contribution in [-0.2, 0) is 0 Å². The van der Waals surface area contributed by atoms with Crippen molar-refractivity contribution in [3.63, 3.8) is 0 Å². The molecule has 4 heteroatoms. The summed E-state index contributed by atoms with van der Waals surface area (Å²) in [5.41, 5.74) is 6.31. The SMILES string of the molecule is Cc1ccc(F)c(C(O)c2cccc(N)c2)c1F. The quantitative estimate of drug-likeness (QED) is 0.804. The standard InChI is InChI=1S/C14H13F2NO/c1-8-5-6-11(15)12(13(8)16)14(18)9-3-2-4-10(17)7-9/h2-7,14,18H,17H2,1H3. The Bertz CT molecular complexity index is 584. The third kappa shape index (κ3) is 2.19. The van der Waals surface area contributed by atoms with Gasteiger partial charge in [0.1, 0.15) is 17.7 Å². The van der Waals surface area contributed by atoms with Crippen molar-refractivity contribution in [1.29, 1.82) is 0 Å². The van der Waals surface area contributed by atoms with Crippen molar-refractivity contribution in [3.8, 4) is 0 Å². The summed E-state index contributed by atoms with van der Waals surface area (Å²) in [5, 5.41) is 10.1. The maximum absolute atomic E-state index is 13.9. The number of benzene rings is 2. The van der Waals surface area contributed by atoms with Gasteiger partial charge in [0.2, 0.25) is 0 Å². The number of hydrogen-bond acceptors (Lipinski definition) is 2. The molecule has 0 radical (unpaired) electrons. The van der Waals surface area contributed by atoms with E-state index < -0.39 is 17.7 Å². The second-order valence-electron chi connectivity index (χ2n) is 4.16. The Morgan fingerprint density at radius 2 is 1.89 bits per heavy atom. The summed E-state index contributed by atoms with van der Waals surface area (Å²) < 4.78 is 27.5. The van der Waals surface area contributed by atoms with E-state index in [4.69, 9.17) is 5.73 Å². The van der Waals surface area contributed by atoms with E-state index in [1.54, 1.807) is 18.2 Å². The van der Waals surface area contributed by atoms with Gasteiger partial charge in [0.05, 0.1) is 5.56 Å². The average molecular weight is 249 g/mol. The molecule has 0 aliphatic carbocycles. The van der Waals surface area contributed by atoms with Crippen molar-refractivity contribution < 1.29 is 13.9 Å². The van der Waals surface area contributed by atoms with Crippen LogP contribution in [-0.4, -0.2) is 5.11 Å². The molecule has 0 aromatic heterocycles. The van der Waals surface area contributed by atoms with Crippen LogP contribution in [0.5, 0.6) is 0 Å². The fourth-order valence-corrected chi connectivity index (χ4v) is 1.82. The van der Waals surface area contributed by atoms with Gasteiger partial charge in [-0.15, -0.1) is 0 Å². The van der Waals surface area contributed by atoms with E-state index in [2.05, 4.69) is 0 Å². The van der Waals surface area contributed by atoms with Gasteiger partial charge in [0.25, 0.3) is 0 Å². The number of nitrogen functional groups attached to an aromatic ring is 1. The molecule has 0 aliphatic rings. The molecule has 2 nitrogen and oxygen atoms in total. The van der Waals surface area contributed by atoms with Gasteiger partial charge in [-0.25, -0.2) is 8.78 Å². The molecule has 2 aromatic rings. The summed E-state index contributed by atoms with van der Waals surface area (Å²) in [7, 11) is 0. The predicted molar refractivity (Wildman–Crippen MR) is 66.0 cm³/mol. The highest BCUT2D eigenvalue weighted by atomic mass is 19.1. The fourth-order valence-electron chi connectivity index (χ4n) is 1.82. The van der Waals surface area contributed by atoms with Crippen molar-refractivity contribution in [2.45, 2.75) is 13.0 Å². The molecule has 2 aromatic carbocycles. The van der Waals surface area contributed by atoms with E-state index in [1.165, 1.54) is 19.1 Å². The highest BCUT2D eigenvalue weighted by molar-refractivity contribution is 5.44. The monoisotopic (exact) mass is 249 g/mol. The lowest BCUT2D eigenvalue weighted by atomic mass is 9.98. The molecule has 0 aliphatic heterocycles. The molecule has 0 bridgehead atoms. The number of hydrogen-bond donors (Lipinski definition) is 2. The molecular weight excluding hydrogens is 236 g/mol. The second-order valence-corrected chi connectivity index (χ2v) is 4.16. The van der Waals surface area contributed by atoms with Gasteiger partial charge in [0, 0.05) is 5.69 Å². The van der Waals surface area contributed by atoms with Gasteiger partial charge >= 0.3 is 0 Å². The van der Waals surface area contributed by atoms with Gasteiger partial charge in [-0.2, -0.15) is 0 Å². The zero-order chi connectivity index (χ0) is 13.3. The highest BCUT2D eigenvalue weighted by Crippen LogP contribution is 2.29. The average Bonchev–Trinajstić information content (AvgIpc) is 2.34. The molecular formula is C14H13F2NO. The Hall–Kier alpha value is -1.94. The van der Waals surface area contributed by atoms with E-state index in [0.717, 1.165) is 6.07 Å². The minimum atomic E-state index is -1.37. The van der Waals surface area contributed by atoms with Crippen LogP contribution in [0.2, 0.25) is 0 Å². The molecule has 1 unspecified atom stereocenters. The molecule has 2 rings (SSSR count). The van der Waals surface area contributed by atoms with Crippen LogP contribution in [0.25, 0.3) is 0 Å². The molecule has 0 amide bonds. The smallest absolute Gasteiger partial charge is 0.135 e. The van der Waals surface area contributed by atoms with Crippen LogP contribution in [0.1, 0.15) is 22.8 Å². The number of halogens is 2. The Morgan fingerprint density at radius 1 is 1.17 bits per heavy atom. The van der Waals surface area contributed by atoms with E-state index in [9.17, 15) is 13.9 Å². The maximum Gasteiger partial charge on any atom is 0.135 e. The third-order valence-corrected chi connectivity index (χ3v) is 2.82. The van der Waals surface area contributed by atoms with Crippen LogP contribution >= 0.6 is 0 Å². The molecule has 3 N–H and O–H groups in total. The van der Waals surface area contributed by atoms with E-state index >= 15 is 0 Å². The van der Waals surface area contributed by atoms with Crippen molar-refractivity contribution >= 4 is 5.69 Å². The van der Waals surface area contributed by atoms with E-state index in [0.29, 0.717) is 11.3 Å². The highest BCUT2D eigenvalue weighted by Gasteiger charge is 2.21. The predicted octanol–water partition coefficient (Wildman–Crippen LogP) is 2.94. The first-order valence-corrected chi connectivity index (χ1v) is 5.48. The van der Waals surface area contributed by atoms with Crippen LogP contribution in [0, 0.1) is 18.6 Å². The minimum Gasteiger partial charge on any atom is -0.399 e. The summed E-state index contributed by atoms with van der Waals surface area (Å²) >= 11 is 0. The maximum atomic E-state index is 13.9. The number of aryl methyl sites for hydroxylation is 1. The second kappa shape index (κ2) is 4.74. The Labute approximate surface area is 104 Å². The largest absolute Gasteiger partial charge is 0.399 e. The number of nitrogens with two attached hydrogens (primary N) is 1. The van der Waals surface area contributed by atoms with Gasteiger partial charge in [-0.3, -0.25) is 0 Å². The van der Waals surface area contributed by atoms with Crippen molar-refractivity contribution in [2.75, 3.05) is 5.73 Å². The Balaban J connectivity index is 2.52. The zero-order valence-electron chi connectivity index (χ0n) is 9.82. The summed E-state index contributed by atoms with van der Waals surface area (Å²) in [5.74, 6) is -1.50. The van der Waals surface area contributed by atoms with Gasteiger partial charge in [-0.1, -0.05) is 18.2 Å². The summed E-state index contributed by atoms with van der Waals surface area (Å²) in [6, 6.07) is 8.80. The summed E-state index contributed by atoms with van der Waals surface area (Å²) in [6.07, 6.45) is -1.37. The lowest BCUT2D eigenvalue weighted by Gasteiger charge is -2.15. The van der Waals surface area contributed by atoms with Crippen molar-refractivity contribution in [3.05, 3.63) is 64.7 Å². The first-order valence-electron chi connectivity index (χ1n) is 5.48. The lowest BCUT2D eigenvalue weighted by Crippen LogP contribution is -2.07. The van der Waals surface area contributed by atoms with Crippen LogP contribution in [0.4, 0.5) is 14.5 Å². The fraction of sp³-hybridized carbons (Fsp3) is 0.143. The molecule has 0 fully saturated rings. The third-order valence-electron chi connectivity index (χ3n) is 2.82. The van der Waals surface area contributed by atoms with Gasteiger partial charge < -0.3 is 10.8 Å². The molecule has 0 spiro atoms. The lowest BCUT2D eigenvalue weighted by molar-refractivity contribution is 0.209. The van der Waals surface area contributed by atoms with Crippen LogP contribution in [0.15, 0.2) is 36.4 Å². The molecule has 0 saturated heterocycles. The molecule has 1 atom stereocenters. The van der Waals surface area contributed by atoms with E-state index in [1.807, 2.05) is 0 Å². The minimum absolute atomic E-state index is 0.286. The van der Waals surface area contributed by atoms with Gasteiger partial charge in [-0.05, 0) is 36.2 Å². The van der Waals surface area contributed by atoms with Crippen LogP contribution in [0.3, 0.4) is 0 Å². The topological polar surface area (TPSA) is 46.2 Å². The number of rotatable bonds is 2. The molecule has 0 saturated carbocycles. The van der Waals surface area contributed by atoms with Crippen molar-refractivity contribution in [2.24, 2.45) is 0 Å². The summed E-state index contributed by atoms with van der Waals surface area (Å²) in [4.78, 5) is 0. The molecule has 0 heterocycles. The zero-order valence-corrected chi connectivity index (χ0v) is 9.82. The molecule has 18 heavy (non-hydrogen) atoms. The van der Waals surface area contributed by atoms with Crippen LogP contribution < -0.4 is 5.73 Å². The Morgan fingerprint density at radius 3 is 2.56 bits per heavy atom. The van der Waals surface area contributed by atoms with Crippen molar-refractivity contribution in [1.82, 2.24) is 0 Å². The first-order chi connectivity index (χ1) is 8.50. The Kier molecular flexibility index (Phi) is 3.30.